The van der Waals surface area contributed by atoms with E-state index in [0.29, 0.717) is 18.8 Å². The number of likely N-dealkylation sites (tertiary alicyclic amines) is 1. The zero-order chi connectivity index (χ0) is 15.6. The molecule has 7 heteroatoms. The van der Waals surface area contributed by atoms with Gasteiger partial charge in [0.15, 0.2) is 5.69 Å². The van der Waals surface area contributed by atoms with Crippen LogP contribution in [0.25, 0.3) is 0 Å². The summed E-state index contributed by atoms with van der Waals surface area (Å²) in [6.07, 6.45) is 0.441. The van der Waals surface area contributed by atoms with Crippen LogP contribution in [0.2, 0.25) is 0 Å². The van der Waals surface area contributed by atoms with E-state index in [9.17, 15) is 9.59 Å². The van der Waals surface area contributed by atoms with Crippen molar-refractivity contribution in [1.82, 2.24) is 20.4 Å². The van der Waals surface area contributed by atoms with Crippen LogP contribution >= 0.6 is 0 Å². The standard InChI is InChI=1S/C14H21N5O2/c1-14(2,3)19-8-9(7-12(19)20)16-11-6-5-10(17-18-11)13(21)15-4/h5-6,9H,7-8H2,1-4H3,(H,15,21)(H,16,18). The number of rotatable bonds is 3. The Morgan fingerprint density at radius 2 is 2.05 bits per heavy atom. The zero-order valence-corrected chi connectivity index (χ0v) is 12.8. The van der Waals surface area contributed by atoms with Gasteiger partial charge in [0, 0.05) is 25.6 Å². The smallest absolute Gasteiger partial charge is 0.271 e. The van der Waals surface area contributed by atoms with E-state index in [2.05, 4.69) is 20.8 Å². The second kappa shape index (κ2) is 5.67. The number of carbonyl (C=O) groups excluding carboxylic acids is 2. The van der Waals surface area contributed by atoms with Gasteiger partial charge in [-0.1, -0.05) is 0 Å². The Morgan fingerprint density at radius 1 is 1.33 bits per heavy atom. The summed E-state index contributed by atoms with van der Waals surface area (Å²) in [4.78, 5) is 25.2. The highest BCUT2D eigenvalue weighted by Gasteiger charge is 2.36. The van der Waals surface area contributed by atoms with E-state index in [-0.39, 0.29) is 29.1 Å². The van der Waals surface area contributed by atoms with E-state index in [1.54, 1.807) is 19.2 Å². The second-order valence-electron chi connectivity index (χ2n) is 6.10. The van der Waals surface area contributed by atoms with E-state index in [1.807, 2.05) is 25.7 Å². The number of amides is 2. The molecular weight excluding hydrogens is 270 g/mol. The van der Waals surface area contributed by atoms with Gasteiger partial charge in [0.05, 0.1) is 6.04 Å². The number of nitrogens with one attached hydrogen (secondary N) is 2. The quantitative estimate of drug-likeness (QED) is 0.853. The lowest BCUT2D eigenvalue weighted by atomic mass is 10.1. The summed E-state index contributed by atoms with van der Waals surface area (Å²) in [6.45, 7) is 6.70. The molecule has 1 unspecified atom stereocenters. The van der Waals surface area contributed by atoms with Crippen molar-refractivity contribution in [2.45, 2.75) is 38.8 Å². The van der Waals surface area contributed by atoms with Crippen molar-refractivity contribution >= 4 is 17.6 Å². The first-order valence-corrected chi connectivity index (χ1v) is 6.94. The Labute approximate surface area is 124 Å². The molecule has 0 radical (unpaired) electrons. The summed E-state index contributed by atoms with van der Waals surface area (Å²) in [7, 11) is 1.54. The first kappa shape index (κ1) is 15.2. The van der Waals surface area contributed by atoms with Crippen molar-refractivity contribution in [2.24, 2.45) is 0 Å². The maximum atomic E-state index is 12.0. The van der Waals surface area contributed by atoms with Crippen molar-refractivity contribution in [3.8, 4) is 0 Å². The zero-order valence-electron chi connectivity index (χ0n) is 12.8. The molecule has 0 saturated carbocycles. The van der Waals surface area contributed by atoms with Crippen LogP contribution in [-0.4, -0.2) is 52.1 Å². The van der Waals surface area contributed by atoms with Gasteiger partial charge in [-0.3, -0.25) is 9.59 Å². The lowest BCUT2D eigenvalue weighted by Crippen LogP contribution is -2.43. The van der Waals surface area contributed by atoms with Crippen molar-refractivity contribution in [2.75, 3.05) is 18.9 Å². The van der Waals surface area contributed by atoms with E-state index in [1.165, 1.54) is 0 Å². The van der Waals surface area contributed by atoms with E-state index >= 15 is 0 Å². The van der Waals surface area contributed by atoms with E-state index in [0.717, 1.165) is 0 Å². The summed E-state index contributed by atoms with van der Waals surface area (Å²) >= 11 is 0. The third-order valence-corrected chi connectivity index (χ3v) is 3.41. The van der Waals surface area contributed by atoms with Crippen LogP contribution in [0.5, 0.6) is 0 Å². The largest absolute Gasteiger partial charge is 0.364 e. The SMILES string of the molecule is CNC(=O)c1ccc(NC2CC(=O)N(C(C)(C)C)C2)nn1. The van der Waals surface area contributed by atoms with Gasteiger partial charge in [-0.05, 0) is 32.9 Å². The summed E-state index contributed by atoms with van der Waals surface area (Å²) in [5.74, 6) is 0.426. The van der Waals surface area contributed by atoms with E-state index < -0.39 is 0 Å². The molecule has 2 amide bonds. The van der Waals surface area contributed by atoms with Gasteiger partial charge in [0.25, 0.3) is 5.91 Å². The molecule has 1 aliphatic heterocycles. The highest BCUT2D eigenvalue weighted by Crippen LogP contribution is 2.23. The van der Waals surface area contributed by atoms with Crippen molar-refractivity contribution in [1.29, 1.82) is 0 Å². The summed E-state index contributed by atoms with van der Waals surface area (Å²) in [5.41, 5.74) is 0.0873. The Morgan fingerprint density at radius 3 is 2.52 bits per heavy atom. The minimum absolute atomic E-state index is 0.0110. The number of hydrogen-bond acceptors (Lipinski definition) is 5. The molecule has 1 saturated heterocycles. The van der Waals surface area contributed by atoms with Crippen molar-refractivity contribution in [3.05, 3.63) is 17.8 Å². The fourth-order valence-corrected chi connectivity index (χ4v) is 2.32. The second-order valence-corrected chi connectivity index (χ2v) is 6.10. The molecule has 1 atom stereocenters. The molecule has 2 N–H and O–H groups in total. The molecule has 1 aliphatic rings. The average Bonchev–Trinajstić information content (AvgIpc) is 2.79. The van der Waals surface area contributed by atoms with Crippen LogP contribution in [0.1, 0.15) is 37.7 Å². The van der Waals surface area contributed by atoms with Gasteiger partial charge in [0.2, 0.25) is 5.91 Å². The molecule has 1 aromatic heterocycles. The van der Waals surface area contributed by atoms with Crippen molar-refractivity contribution in [3.63, 3.8) is 0 Å². The Bertz CT molecular complexity index is 535. The molecule has 2 rings (SSSR count). The maximum absolute atomic E-state index is 12.0. The normalized spacial score (nSPS) is 18.8. The number of anilines is 1. The lowest BCUT2D eigenvalue weighted by molar-refractivity contribution is -0.131. The fourth-order valence-electron chi connectivity index (χ4n) is 2.32. The highest BCUT2D eigenvalue weighted by atomic mass is 16.2. The van der Waals surface area contributed by atoms with Crippen LogP contribution in [0.4, 0.5) is 5.82 Å². The maximum Gasteiger partial charge on any atom is 0.271 e. The predicted octanol–water partition coefficient (Wildman–Crippen LogP) is 0.647. The van der Waals surface area contributed by atoms with Gasteiger partial charge in [-0.2, -0.15) is 0 Å². The van der Waals surface area contributed by atoms with Crippen LogP contribution in [-0.2, 0) is 4.79 Å². The molecule has 2 heterocycles. The highest BCUT2D eigenvalue weighted by molar-refractivity contribution is 5.91. The summed E-state index contributed by atoms with van der Waals surface area (Å²) < 4.78 is 0. The topological polar surface area (TPSA) is 87.2 Å². The first-order chi connectivity index (χ1) is 9.81. The molecule has 0 aromatic carbocycles. The molecule has 0 spiro atoms. The van der Waals surface area contributed by atoms with Crippen LogP contribution < -0.4 is 10.6 Å². The van der Waals surface area contributed by atoms with Gasteiger partial charge in [0.1, 0.15) is 5.82 Å². The third-order valence-electron chi connectivity index (χ3n) is 3.41. The van der Waals surface area contributed by atoms with Gasteiger partial charge < -0.3 is 15.5 Å². The van der Waals surface area contributed by atoms with Gasteiger partial charge >= 0.3 is 0 Å². The lowest BCUT2D eigenvalue weighted by Gasteiger charge is -2.32. The first-order valence-electron chi connectivity index (χ1n) is 6.94. The minimum Gasteiger partial charge on any atom is -0.364 e. The number of carbonyl (C=O) groups is 2. The van der Waals surface area contributed by atoms with Crippen LogP contribution in [0.15, 0.2) is 12.1 Å². The van der Waals surface area contributed by atoms with Gasteiger partial charge in [-0.15, -0.1) is 10.2 Å². The average molecular weight is 291 g/mol. The minimum atomic E-state index is -0.274. The Hall–Kier alpha value is -2.18. The van der Waals surface area contributed by atoms with Crippen molar-refractivity contribution < 1.29 is 9.59 Å². The summed E-state index contributed by atoms with van der Waals surface area (Å²) in [5, 5.41) is 13.5. The van der Waals surface area contributed by atoms with Crippen LogP contribution in [0, 0.1) is 0 Å². The fraction of sp³-hybridized carbons (Fsp3) is 0.571. The number of aromatic nitrogens is 2. The molecule has 21 heavy (non-hydrogen) atoms. The Balaban J connectivity index is 2.00. The molecule has 0 aliphatic carbocycles. The number of hydrogen-bond donors (Lipinski definition) is 2. The molecule has 7 nitrogen and oxygen atoms in total. The monoisotopic (exact) mass is 291 g/mol. The van der Waals surface area contributed by atoms with E-state index in [4.69, 9.17) is 0 Å². The van der Waals surface area contributed by atoms with Gasteiger partial charge in [-0.25, -0.2) is 0 Å². The molecular formula is C14H21N5O2. The molecule has 114 valence electrons. The van der Waals surface area contributed by atoms with Crippen LogP contribution in [0.3, 0.4) is 0 Å². The molecule has 1 aromatic rings. The number of nitrogens with zero attached hydrogens (tertiary/aromatic N) is 3. The third kappa shape index (κ3) is 3.48. The molecule has 1 fully saturated rings. The summed E-state index contributed by atoms with van der Waals surface area (Å²) in [6, 6.07) is 3.31. The predicted molar refractivity (Wildman–Crippen MR) is 78.9 cm³/mol. The molecule has 0 bridgehead atoms. The Kier molecular flexibility index (Phi) is 4.11.